The van der Waals surface area contributed by atoms with Crippen LogP contribution in [0.4, 0.5) is 13.2 Å². The van der Waals surface area contributed by atoms with Gasteiger partial charge in [-0.3, -0.25) is 4.79 Å². The number of carbonyl (C=O) groups is 1. The molecule has 0 aromatic heterocycles. The molecule has 4 nitrogen and oxygen atoms in total. The third-order valence-electron chi connectivity index (χ3n) is 4.91. The van der Waals surface area contributed by atoms with Crippen LogP contribution >= 0.6 is 0 Å². The number of amides is 1. The maximum Gasteiger partial charge on any atom is 0.438 e. The fraction of sp³-hybridized carbons (Fsp3) is 0.368. The zero-order chi connectivity index (χ0) is 18.5. The summed E-state index contributed by atoms with van der Waals surface area (Å²) in [5.41, 5.74) is -2.41. The first-order valence-electron chi connectivity index (χ1n) is 8.45. The summed E-state index contributed by atoms with van der Waals surface area (Å²) in [7, 11) is 0. The van der Waals surface area contributed by atoms with Crippen LogP contribution in [0, 0.1) is 5.92 Å². The number of hydrazone groups is 1. The van der Waals surface area contributed by atoms with Gasteiger partial charge in [0.15, 0.2) is 0 Å². The van der Waals surface area contributed by atoms with Gasteiger partial charge in [0.05, 0.1) is 6.42 Å². The van der Waals surface area contributed by atoms with E-state index in [1.807, 2.05) is 30.3 Å². The summed E-state index contributed by atoms with van der Waals surface area (Å²) < 4.78 is 40.3. The molecule has 1 aliphatic carbocycles. The van der Waals surface area contributed by atoms with E-state index in [0.717, 1.165) is 23.6 Å². The van der Waals surface area contributed by atoms with Gasteiger partial charge in [0, 0.05) is 12.1 Å². The molecule has 1 amide bonds. The molecule has 2 aromatic carbocycles. The number of halogens is 3. The fourth-order valence-corrected chi connectivity index (χ4v) is 3.30. The van der Waals surface area contributed by atoms with Crippen molar-refractivity contribution in [3.8, 4) is 0 Å². The molecule has 1 atom stereocenters. The summed E-state index contributed by atoms with van der Waals surface area (Å²) in [6.07, 6.45) is -4.39. The van der Waals surface area contributed by atoms with Crippen molar-refractivity contribution in [3.63, 3.8) is 0 Å². The lowest BCUT2D eigenvalue weighted by Gasteiger charge is -2.32. The number of nitrogens with zero attached hydrogens (tertiary/aromatic N) is 2. The highest BCUT2D eigenvalue weighted by Gasteiger charge is 2.64. The topological polar surface area (TPSA) is 52.9 Å². The van der Waals surface area contributed by atoms with Gasteiger partial charge in [-0.1, -0.05) is 42.5 Å². The number of alkyl halides is 3. The van der Waals surface area contributed by atoms with Crippen LogP contribution in [0.25, 0.3) is 10.8 Å². The molecule has 136 valence electrons. The number of rotatable bonds is 3. The van der Waals surface area contributed by atoms with Crippen molar-refractivity contribution in [2.24, 2.45) is 11.0 Å². The Labute approximate surface area is 147 Å². The highest BCUT2D eigenvalue weighted by molar-refractivity contribution is 5.94. The van der Waals surface area contributed by atoms with Gasteiger partial charge in [-0.05, 0) is 35.1 Å². The minimum Gasteiger partial charge on any atom is -0.362 e. The number of fused-ring (bicyclic) bond motifs is 1. The molecule has 1 heterocycles. The molecular formula is C19H17F3N2O2. The van der Waals surface area contributed by atoms with Crippen LogP contribution in [-0.4, -0.2) is 33.6 Å². The Hall–Kier alpha value is -2.41. The quantitative estimate of drug-likeness (QED) is 0.907. The van der Waals surface area contributed by atoms with Gasteiger partial charge in [-0.2, -0.15) is 23.3 Å². The normalized spacial score (nSPS) is 23.4. The van der Waals surface area contributed by atoms with Crippen LogP contribution in [0.2, 0.25) is 0 Å². The van der Waals surface area contributed by atoms with Crippen molar-refractivity contribution in [2.45, 2.75) is 37.6 Å². The fourth-order valence-electron chi connectivity index (χ4n) is 3.30. The number of hydrogen-bond donors (Lipinski definition) is 1. The number of hydrogen-bond acceptors (Lipinski definition) is 3. The van der Waals surface area contributed by atoms with Gasteiger partial charge in [0.2, 0.25) is 5.91 Å². The van der Waals surface area contributed by atoms with Gasteiger partial charge < -0.3 is 5.11 Å². The highest BCUT2D eigenvalue weighted by Crippen LogP contribution is 2.45. The highest BCUT2D eigenvalue weighted by atomic mass is 19.4. The second kappa shape index (κ2) is 5.81. The smallest absolute Gasteiger partial charge is 0.362 e. The molecule has 1 saturated carbocycles. The first kappa shape index (κ1) is 17.0. The molecule has 0 saturated heterocycles. The van der Waals surface area contributed by atoms with E-state index in [1.54, 1.807) is 12.1 Å². The largest absolute Gasteiger partial charge is 0.438 e. The maximum atomic E-state index is 13.4. The number of carbonyl (C=O) groups excluding carboxylic acids is 1. The second-order valence-electron chi connectivity index (χ2n) is 6.92. The van der Waals surface area contributed by atoms with Gasteiger partial charge >= 0.3 is 6.18 Å². The van der Waals surface area contributed by atoms with Crippen LogP contribution in [0.3, 0.4) is 0 Å². The summed E-state index contributed by atoms with van der Waals surface area (Å²) in [5.74, 6) is -0.918. The first-order valence-corrected chi connectivity index (χ1v) is 8.45. The van der Waals surface area contributed by atoms with Crippen LogP contribution in [0.15, 0.2) is 47.6 Å². The Balaban J connectivity index is 1.61. The van der Waals surface area contributed by atoms with E-state index in [-0.39, 0.29) is 23.1 Å². The van der Waals surface area contributed by atoms with E-state index in [1.165, 1.54) is 0 Å². The zero-order valence-corrected chi connectivity index (χ0v) is 13.8. The molecule has 0 radical (unpaired) electrons. The van der Waals surface area contributed by atoms with E-state index in [0.29, 0.717) is 5.56 Å². The molecule has 2 aromatic rings. The molecule has 1 aliphatic heterocycles. The molecule has 26 heavy (non-hydrogen) atoms. The third kappa shape index (κ3) is 2.86. The van der Waals surface area contributed by atoms with Crippen LogP contribution < -0.4 is 0 Å². The molecule has 7 heteroatoms. The minimum atomic E-state index is -4.97. The SMILES string of the molecule is O=C(Cc1ccc2ccccc2c1)N1N=C(C2CC2)C[C@]1(O)C(F)(F)F. The standard InChI is InChI=1S/C19H17F3N2O2/c20-19(21,22)18(26)11-16(14-7-8-14)23-24(18)17(25)10-12-5-6-13-3-1-2-4-15(13)9-12/h1-6,9,14,26H,7-8,10-11H2/t18-/m0/s1. The van der Waals surface area contributed by atoms with E-state index in [9.17, 15) is 23.1 Å². The summed E-state index contributed by atoms with van der Waals surface area (Å²) in [6, 6.07) is 12.8. The number of benzene rings is 2. The molecule has 0 unspecified atom stereocenters. The van der Waals surface area contributed by atoms with Gasteiger partial charge in [0.1, 0.15) is 0 Å². The van der Waals surface area contributed by atoms with Crippen molar-refractivity contribution in [1.82, 2.24) is 5.01 Å². The van der Waals surface area contributed by atoms with Crippen LogP contribution in [0.5, 0.6) is 0 Å². The lowest BCUT2D eigenvalue weighted by molar-refractivity contribution is -0.302. The molecule has 1 fully saturated rings. The van der Waals surface area contributed by atoms with E-state index in [2.05, 4.69) is 5.10 Å². The summed E-state index contributed by atoms with van der Waals surface area (Å²) in [6.45, 7) is 0. The number of aliphatic hydroxyl groups is 1. The van der Waals surface area contributed by atoms with Gasteiger partial charge in [-0.25, -0.2) is 0 Å². The second-order valence-corrected chi connectivity index (χ2v) is 6.92. The van der Waals surface area contributed by atoms with E-state index in [4.69, 9.17) is 0 Å². The van der Waals surface area contributed by atoms with Crippen molar-refractivity contribution in [2.75, 3.05) is 0 Å². The summed E-state index contributed by atoms with van der Waals surface area (Å²) in [5, 5.41) is 16.2. The summed E-state index contributed by atoms with van der Waals surface area (Å²) >= 11 is 0. The first-order chi connectivity index (χ1) is 12.3. The molecule has 0 bridgehead atoms. The predicted molar refractivity (Wildman–Crippen MR) is 90.3 cm³/mol. The lowest BCUT2D eigenvalue weighted by Crippen LogP contribution is -2.57. The Morgan fingerprint density at radius 3 is 2.54 bits per heavy atom. The maximum absolute atomic E-state index is 13.4. The molecule has 4 rings (SSSR count). The lowest BCUT2D eigenvalue weighted by atomic mass is 10.0. The molecule has 2 aliphatic rings. The predicted octanol–water partition coefficient (Wildman–Crippen LogP) is 3.63. The van der Waals surface area contributed by atoms with Crippen molar-refractivity contribution < 1.29 is 23.1 Å². The van der Waals surface area contributed by atoms with Crippen molar-refractivity contribution in [3.05, 3.63) is 48.0 Å². The van der Waals surface area contributed by atoms with E-state index < -0.39 is 24.2 Å². The van der Waals surface area contributed by atoms with Gasteiger partial charge in [-0.15, -0.1) is 0 Å². The van der Waals surface area contributed by atoms with Crippen molar-refractivity contribution in [1.29, 1.82) is 0 Å². The Bertz CT molecular complexity index is 905. The summed E-state index contributed by atoms with van der Waals surface area (Å²) in [4.78, 5) is 12.6. The molecule has 1 N–H and O–H groups in total. The van der Waals surface area contributed by atoms with Gasteiger partial charge in [0.25, 0.3) is 5.72 Å². The Kier molecular flexibility index (Phi) is 3.80. The zero-order valence-electron chi connectivity index (χ0n) is 13.8. The van der Waals surface area contributed by atoms with Crippen LogP contribution in [-0.2, 0) is 11.2 Å². The third-order valence-corrected chi connectivity index (χ3v) is 4.91. The minimum absolute atomic E-state index is 0.0534. The van der Waals surface area contributed by atoms with E-state index >= 15 is 0 Å². The van der Waals surface area contributed by atoms with Crippen molar-refractivity contribution >= 4 is 22.4 Å². The Morgan fingerprint density at radius 1 is 1.19 bits per heavy atom. The van der Waals surface area contributed by atoms with Crippen LogP contribution in [0.1, 0.15) is 24.8 Å². The average molecular weight is 362 g/mol. The molecule has 0 spiro atoms. The monoisotopic (exact) mass is 362 g/mol. The Morgan fingerprint density at radius 2 is 1.88 bits per heavy atom. The average Bonchev–Trinajstić information content (AvgIpc) is 3.36. The molecular weight excluding hydrogens is 345 g/mol.